The molecule has 2 aromatic carbocycles. The Morgan fingerprint density at radius 2 is 2.00 bits per heavy atom. The van der Waals surface area contributed by atoms with Crippen LogP contribution in [0.4, 0.5) is 17.1 Å². The van der Waals surface area contributed by atoms with Gasteiger partial charge in [-0.15, -0.1) is 0 Å². The number of hydrogen-bond acceptors (Lipinski definition) is 4. The number of rotatable bonds is 2. The van der Waals surface area contributed by atoms with Gasteiger partial charge in [-0.1, -0.05) is 0 Å². The van der Waals surface area contributed by atoms with E-state index in [1.165, 1.54) is 16.9 Å². The second-order valence-corrected chi connectivity index (χ2v) is 5.50. The maximum absolute atomic E-state index is 5.90. The van der Waals surface area contributed by atoms with Crippen molar-refractivity contribution < 1.29 is 4.74 Å². The van der Waals surface area contributed by atoms with Crippen LogP contribution in [0.3, 0.4) is 0 Å². The van der Waals surface area contributed by atoms with Crippen molar-refractivity contribution in [3.8, 4) is 5.75 Å². The van der Waals surface area contributed by atoms with E-state index >= 15 is 0 Å². The van der Waals surface area contributed by atoms with Crippen molar-refractivity contribution in [1.82, 2.24) is 4.98 Å². The number of ether oxygens (including phenoxy) is 1. The number of hydrogen-bond donors (Lipinski definition) is 1. The minimum atomic E-state index is 0.824. The summed E-state index contributed by atoms with van der Waals surface area (Å²) in [6, 6.07) is 14.2. The van der Waals surface area contributed by atoms with Crippen molar-refractivity contribution in [2.75, 3.05) is 24.3 Å². The zero-order valence-electron chi connectivity index (χ0n) is 12.4. The molecule has 1 aliphatic rings. The summed E-state index contributed by atoms with van der Waals surface area (Å²) in [5.74, 6) is 0.826. The van der Waals surface area contributed by atoms with Gasteiger partial charge >= 0.3 is 0 Å². The average molecular weight is 291 g/mol. The molecule has 22 heavy (non-hydrogen) atoms. The van der Waals surface area contributed by atoms with Crippen molar-refractivity contribution in [3.63, 3.8) is 0 Å². The molecule has 4 rings (SSSR count). The summed E-state index contributed by atoms with van der Waals surface area (Å²) in [5.41, 5.74) is 11.4. The Hall–Kier alpha value is -2.75. The summed E-state index contributed by atoms with van der Waals surface area (Å²) < 4.78 is 5.29. The lowest BCUT2D eigenvalue weighted by Gasteiger charge is -2.21. The molecule has 0 amide bonds. The fraction of sp³-hybridized carbons (Fsp3) is 0.167. The molecular formula is C18H17N3O. The molecule has 0 saturated carbocycles. The van der Waals surface area contributed by atoms with Gasteiger partial charge in [-0.3, -0.25) is 4.98 Å². The van der Waals surface area contributed by atoms with Crippen LogP contribution in [0.1, 0.15) is 5.56 Å². The summed E-state index contributed by atoms with van der Waals surface area (Å²) in [4.78, 5) is 6.80. The van der Waals surface area contributed by atoms with Crippen LogP contribution in [-0.2, 0) is 6.42 Å². The first-order chi connectivity index (χ1) is 10.8. The van der Waals surface area contributed by atoms with Crippen LogP contribution in [0, 0.1) is 0 Å². The van der Waals surface area contributed by atoms with Gasteiger partial charge in [0.05, 0.1) is 18.3 Å². The monoisotopic (exact) mass is 291 g/mol. The molecule has 1 aromatic heterocycles. The molecule has 0 aliphatic carbocycles. The molecule has 1 aliphatic heterocycles. The smallest absolute Gasteiger partial charge is 0.121 e. The van der Waals surface area contributed by atoms with Gasteiger partial charge in [0.15, 0.2) is 0 Å². The highest BCUT2D eigenvalue weighted by Gasteiger charge is 2.22. The van der Waals surface area contributed by atoms with Gasteiger partial charge < -0.3 is 15.4 Å². The molecule has 4 nitrogen and oxygen atoms in total. The molecule has 2 N–H and O–H groups in total. The van der Waals surface area contributed by atoms with Gasteiger partial charge in [-0.2, -0.15) is 0 Å². The molecule has 2 heterocycles. The minimum absolute atomic E-state index is 0.824. The fourth-order valence-electron chi connectivity index (χ4n) is 3.15. The first kappa shape index (κ1) is 13.0. The fourth-order valence-corrected chi connectivity index (χ4v) is 3.15. The van der Waals surface area contributed by atoms with Crippen LogP contribution in [0.5, 0.6) is 5.75 Å². The van der Waals surface area contributed by atoms with Gasteiger partial charge in [0.1, 0.15) is 5.75 Å². The molecule has 0 fully saturated rings. The SMILES string of the molecule is COc1ccc2c(N3CCc4cc(N)ccc43)ccnc2c1. The van der Waals surface area contributed by atoms with Crippen LogP contribution in [0.15, 0.2) is 48.7 Å². The van der Waals surface area contributed by atoms with E-state index in [0.29, 0.717) is 0 Å². The Morgan fingerprint density at radius 3 is 2.86 bits per heavy atom. The number of pyridine rings is 1. The highest BCUT2D eigenvalue weighted by Crippen LogP contribution is 2.38. The molecule has 0 spiro atoms. The topological polar surface area (TPSA) is 51.4 Å². The van der Waals surface area contributed by atoms with E-state index in [2.05, 4.69) is 34.1 Å². The maximum atomic E-state index is 5.90. The van der Waals surface area contributed by atoms with Crippen LogP contribution in [0.25, 0.3) is 10.9 Å². The van der Waals surface area contributed by atoms with E-state index < -0.39 is 0 Å². The molecular weight excluding hydrogens is 274 g/mol. The number of nitrogen functional groups attached to an aromatic ring is 1. The third kappa shape index (κ3) is 1.96. The molecule has 3 aromatic rings. The van der Waals surface area contributed by atoms with Crippen LogP contribution < -0.4 is 15.4 Å². The lowest BCUT2D eigenvalue weighted by atomic mass is 10.1. The molecule has 0 atom stereocenters. The second-order valence-electron chi connectivity index (χ2n) is 5.50. The first-order valence-corrected chi connectivity index (χ1v) is 7.35. The second kappa shape index (κ2) is 4.91. The van der Waals surface area contributed by atoms with E-state index in [0.717, 1.165) is 35.3 Å². The van der Waals surface area contributed by atoms with Gasteiger partial charge in [-0.25, -0.2) is 0 Å². The highest BCUT2D eigenvalue weighted by atomic mass is 16.5. The largest absolute Gasteiger partial charge is 0.497 e. The van der Waals surface area contributed by atoms with Crippen molar-refractivity contribution in [1.29, 1.82) is 0 Å². The minimum Gasteiger partial charge on any atom is -0.497 e. The molecule has 0 bridgehead atoms. The average Bonchev–Trinajstić information content (AvgIpc) is 2.96. The summed E-state index contributed by atoms with van der Waals surface area (Å²) in [5, 5.41) is 1.13. The van der Waals surface area contributed by atoms with Crippen molar-refractivity contribution in [2.24, 2.45) is 0 Å². The number of nitrogens with two attached hydrogens (primary N) is 1. The predicted octanol–water partition coefficient (Wildman–Crippen LogP) is 3.52. The lowest BCUT2D eigenvalue weighted by molar-refractivity contribution is 0.415. The highest BCUT2D eigenvalue weighted by molar-refractivity contribution is 5.95. The van der Waals surface area contributed by atoms with Gasteiger partial charge in [0.25, 0.3) is 0 Å². The summed E-state index contributed by atoms with van der Waals surface area (Å²) >= 11 is 0. The van der Waals surface area contributed by atoms with E-state index in [1.807, 2.05) is 24.4 Å². The standard InChI is InChI=1S/C18H17N3O/c1-22-14-3-4-15-16(11-14)20-8-6-18(15)21-9-7-12-10-13(19)2-5-17(12)21/h2-6,8,10-11H,7,9,19H2,1H3. The van der Waals surface area contributed by atoms with Crippen molar-refractivity contribution >= 4 is 28.0 Å². The zero-order chi connectivity index (χ0) is 15.1. The molecule has 0 unspecified atom stereocenters. The lowest BCUT2D eigenvalue weighted by Crippen LogP contribution is -2.13. The first-order valence-electron chi connectivity index (χ1n) is 7.35. The number of methoxy groups -OCH3 is 1. The number of anilines is 3. The number of benzene rings is 2. The summed E-state index contributed by atoms with van der Waals surface area (Å²) in [6.07, 6.45) is 2.87. The Balaban J connectivity index is 1.86. The summed E-state index contributed by atoms with van der Waals surface area (Å²) in [6.45, 7) is 0.962. The predicted molar refractivity (Wildman–Crippen MR) is 89.9 cm³/mol. The Kier molecular flexibility index (Phi) is 2.89. The van der Waals surface area contributed by atoms with Crippen LogP contribution >= 0.6 is 0 Å². The molecule has 0 saturated heterocycles. The summed E-state index contributed by atoms with van der Waals surface area (Å²) in [7, 11) is 1.67. The van der Waals surface area contributed by atoms with E-state index in [9.17, 15) is 0 Å². The third-order valence-corrected chi connectivity index (χ3v) is 4.22. The number of nitrogens with zero attached hydrogens (tertiary/aromatic N) is 2. The Bertz CT molecular complexity index is 860. The molecule has 4 heteroatoms. The normalized spacial score (nSPS) is 13.4. The molecule has 110 valence electrons. The van der Waals surface area contributed by atoms with E-state index in [-0.39, 0.29) is 0 Å². The quantitative estimate of drug-likeness (QED) is 0.734. The maximum Gasteiger partial charge on any atom is 0.121 e. The number of fused-ring (bicyclic) bond motifs is 2. The van der Waals surface area contributed by atoms with Gasteiger partial charge in [0.2, 0.25) is 0 Å². The van der Waals surface area contributed by atoms with Gasteiger partial charge in [-0.05, 0) is 48.4 Å². The number of aromatic nitrogens is 1. The van der Waals surface area contributed by atoms with E-state index in [1.54, 1.807) is 7.11 Å². The Labute approximate surface area is 129 Å². The van der Waals surface area contributed by atoms with Crippen molar-refractivity contribution in [3.05, 3.63) is 54.2 Å². The van der Waals surface area contributed by atoms with Crippen LogP contribution in [-0.4, -0.2) is 18.6 Å². The van der Waals surface area contributed by atoms with Gasteiger partial charge in [0, 0.05) is 35.6 Å². The van der Waals surface area contributed by atoms with Crippen LogP contribution in [0.2, 0.25) is 0 Å². The third-order valence-electron chi connectivity index (χ3n) is 4.22. The zero-order valence-corrected chi connectivity index (χ0v) is 12.4. The van der Waals surface area contributed by atoms with E-state index in [4.69, 9.17) is 10.5 Å². The molecule has 0 radical (unpaired) electrons. The Morgan fingerprint density at radius 1 is 1.09 bits per heavy atom. The van der Waals surface area contributed by atoms with Crippen molar-refractivity contribution in [2.45, 2.75) is 6.42 Å².